The molecule has 2 aromatic rings. The summed E-state index contributed by atoms with van der Waals surface area (Å²) in [6.45, 7) is 2.12. The largest absolute Gasteiger partial charge is 0.296 e. The van der Waals surface area contributed by atoms with E-state index in [-0.39, 0.29) is 29.6 Å². The maximum absolute atomic E-state index is 12.5. The molecule has 1 fully saturated rings. The van der Waals surface area contributed by atoms with Crippen LogP contribution in [0, 0.1) is 11.8 Å². The Morgan fingerprint density at radius 3 is 2.00 bits per heavy atom. The number of amides is 2. The van der Waals surface area contributed by atoms with Crippen molar-refractivity contribution in [2.75, 3.05) is 0 Å². The summed E-state index contributed by atoms with van der Waals surface area (Å²) in [6.07, 6.45) is 0. The molecule has 1 N–H and O–H groups in total. The first-order valence-corrected chi connectivity index (χ1v) is 7.67. The fourth-order valence-electron chi connectivity index (χ4n) is 5.08. The maximum Gasteiger partial charge on any atom is 0.231 e. The van der Waals surface area contributed by atoms with E-state index in [9.17, 15) is 9.59 Å². The second-order valence-electron chi connectivity index (χ2n) is 6.71. The van der Waals surface area contributed by atoms with Crippen molar-refractivity contribution in [3.8, 4) is 0 Å². The van der Waals surface area contributed by atoms with Gasteiger partial charge in [0.15, 0.2) is 0 Å². The van der Waals surface area contributed by atoms with Gasteiger partial charge in [0.1, 0.15) is 0 Å². The first-order chi connectivity index (χ1) is 10.6. The SMILES string of the molecule is CC12c3ccccc3C(c3ccccc31)[C@@H]1C(=O)NC(=O)[C@H]12. The van der Waals surface area contributed by atoms with Gasteiger partial charge in [0.25, 0.3) is 0 Å². The molecule has 0 aromatic heterocycles. The minimum Gasteiger partial charge on any atom is -0.296 e. The third kappa shape index (κ3) is 1.12. The molecule has 6 rings (SSSR count). The lowest BCUT2D eigenvalue weighted by Gasteiger charge is -2.52. The Morgan fingerprint density at radius 1 is 0.864 bits per heavy atom. The van der Waals surface area contributed by atoms with Crippen LogP contribution in [0.1, 0.15) is 35.1 Å². The standard InChI is InChI=1S/C19H15NO2/c1-19-12-8-4-2-6-10(12)14(11-7-3-5-9-13(11)19)15-16(19)18(22)20-17(15)21/h2-9,14-16H,1H3,(H,20,21,22)/t14?,15-,16-,19?/m0/s1. The van der Waals surface area contributed by atoms with Crippen LogP contribution in [-0.4, -0.2) is 11.8 Å². The van der Waals surface area contributed by atoms with Gasteiger partial charge in [0.05, 0.1) is 11.8 Å². The maximum atomic E-state index is 12.5. The summed E-state index contributed by atoms with van der Waals surface area (Å²) in [7, 11) is 0. The lowest BCUT2D eigenvalue weighted by atomic mass is 9.48. The van der Waals surface area contributed by atoms with E-state index in [4.69, 9.17) is 0 Å². The van der Waals surface area contributed by atoms with Crippen LogP contribution >= 0.6 is 0 Å². The molecule has 2 atom stereocenters. The minimum atomic E-state index is -0.428. The number of hydrogen-bond donors (Lipinski definition) is 1. The molecule has 1 saturated heterocycles. The van der Waals surface area contributed by atoms with Gasteiger partial charge < -0.3 is 0 Å². The highest BCUT2D eigenvalue weighted by atomic mass is 16.2. The first kappa shape index (κ1) is 12.2. The van der Waals surface area contributed by atoms with Crippen LogP contribution in [0.25, 0.3) is 0 Å². The summed E-state index contributed by atoms with van der Waals surface area (Å²) in [4.78, 5) is 24.9. The predicted octanol–water partition coefficient (Wildman–Crippen LogP) is 2.34. The minimum absolute atomic E-state index is 0.00863. The Bertz CT molecular complexity index is 807. The lowest BCUT2D eigenvalue weighted by Crippen LogP contribution is -2.51. The zero-order chi connectivity index (χ0) is 15.1. The van der Waals surface area contributed by atoms with Crippen LogP contribution in [0.4, 0.5) is 0 Å². The van der Waals surface area contributed by atoms with E-state index < -0.39 is 5.41 Å². The molecule has 4 aliphatic rings. The molecule has 2 aromatic carbocycles. The van der Waals surface area contributed by atoms with E-state index in [0.717, 1.165) is 0 Å². The molecular formula is C19H15NO2. The van der Waals surface area contributed by atoms with Crippen LogP contribution in [-0.2, 0) is 15.0 Å². The van der Waals surface area contributed by atoms with Gasteiger partial charge in [-0.2, -0.15) is 0 Å². The molecule has 3 nitrogen and oxygen atoms in total. The van der Waals surface area contributed by atoms with Gasteiger partial charge in [-0.25, -0.2) is 0 Å². The Hall–Kier alpha value is -2.42. The van der Waals surface area contributed by atoms with Gasteiger partial charge >= 0.3 is 0 Å². The molecule has 0 radical (unpaired) electrons. The molecule has 3 heteroatoms. The molecule has 108 valence electrons. The predicted molar refractivity (Wildman–Crippen MR) is 81.3 cm³/mol. The van der Waals surface area contributed by atoms with Crippen molar-refractivity contribution in [2.24, 2.45) is 11.8 Å². The van der Waals surface area contributed by atoms with Gasteiger partial charge in [-0.15, -0.1) is 0 Å². The highest BCUT2D eigenvalue weighted by Crippen LogP contribution is 2.62. The van der Waals surface area contributed by atoms with Crippen LogP contribution in [0.2, 0.25) is 0 Å². The second-order valence-corrected chi connectivity index (χ2v) is 6.71. The van der Waals surface area contributed by atoms with Crippen molar-refractivity contribution < 1.29 is 9.59 Å². The molecular weight excluding hydrogens is 274 g/mol. The first-order valence-electron chi connectivity index (χ1n) is 7.67. The summed E-state index contributed by atoms with van der Waals surface area (Å²) < 4.78 is 0. The number of imide groups is 1. The van der Waals surface area contributed by atoms with E-state index >= 15 is 0 Å². The molecule has 22 heavy (non-hydrogen) atoms. The summed E-state index contributed by atoms with van der Waals surface area (Å²) in [5.74, 6) is -0.815. The van der Waals surface area contributed by atoms with Crippen molar-refractivity contribution in [1.29, 1.82) is 0 Å². The molecule has 0 saturated carbocycles. The Balaban J connectivity index is 1.94. The molecule has 1 aliphatic heterocycles. The average molecular weight is 289 g/mol. The molecule has 0 unspecified atom stereocenters. The number of rotatable bonds is 0. The molecule has 2 bridgehead atoms. The van der Waals surface area contributed by atoms with Gasteiger partial charge in [0.2, 0.25) is 11.8 Å². The summed E-state index contributed by atoms with van der Waals surface area (Å²) in [6, 6.07) is 16.6. The molecule has 3 aliphatic carbocycles. The third-order valence-electron chi connectivity index (χ3n) is 5.88. The van der Waals surface area contributed by atoms with E-state index in [1.807, 2.05) is 24.3 Å². The second kappa shape index (κ2) is 3.67. The lowest BCUT2D eigenvalue weighted by molar-refractivity contribution is -0.126. The van der Waals surface area contributed by atoms with E-state index in [0.29, 0.717) is 0 Å². The summed E-state index contributed by atoms with van der Waals surface area (Å²) in [5.41, 5.74) is 4.38. The topological polar surface area (TPSA) is 46.2 Å². The van der Waals surface area contributed by atoms with Crippen LogP contribution < -0.4 is 5.32 Å². The van der Waals surface area contributed by atoms with Gasteiger partial charge in [0, 0.05) is 11.3 Å². The van der Waals surface area contributed by atoms with E-state index in [1.54, 1.807) is 0 Å². The highest BCUT2D eigenvalue weighted by Gasteiger charge is 2.64. The summed E-state index contributed by atoms with van der Waals surface area (Å²) in [5, 5.41) is 2.58. The number of carbonyl (C=O) groups excluding carboxylic acids is 2. The van der Waals surface area contributed by atoms with Gasteiger partial charge in [-0.1, -0.05) is 55.5 Å². The van der Waals surface area contributed by atoms with E-state index in [2.05, 4.69) is 36.5 Å². The third-order valence-corrected chi connectivity index (χ3v) is 5.88. The van der Waals surface area contributed by atoms with Crippen molar-refractivity contribution in [1.82, 2.24) is 5.32 Å². The number of nitrogens with one attached hydrogen (secondary N) is 1. The van der Waals surface area contributed by atoms with Crippen molar-refractivity contribution in [2.45, 2.75) is 18.3 Å². The number of hydrogen-bond acceptors (Lipinski definition) is 2. The quantitative estimate of drug-likeness (QED) is 0.757. The Morgan fingerprint density at radius 2 is 1.41 bits per heavy atom. The zero-order valence-electron chi connectivity index (χ0n) is 12.2. The van der Waals surface area contributed by atoms with E-state index in [1.165, 1.54) is 22.3 Å². The van der Waals surface area contributed by atoms with Crippen molar-refractivity contribution in [3.05, 3.63) is 70.8 Å². The monoisotopic (exact) mass is 289 g/mol. The van der Waals surface area contributed by atoms with Crippen LogP contribution in [0.3, 0.4) is 0 Å². The molecule has 0 spiro atoms. The smallest absolute Gasteiger partial charge is 0.231 e. The van der Waals surface area contributed by atoms with Gasteiger partial charge in [-0.3, -0.25) is 14.9 Å². The fourth-order valence-corrected chi connectivity index (χ4v) is 5.08. The van der Waals surface area contributed by atoms with Crippen LogP contribution in [0.5, 0.6) is 0 Å². The Labute approximate surface area is 128 Å². The molecule has 2 amide bonds. The normalized spacial score (nSPS) is 34.0. The number of benzene rings is 2. The van der Waals surface area contributed by atoms with Crippen molar-refractivity contribution in [3.63, 3.8) is 0 Å². The number of carbonyl (C=O) groups is 2. The highest BCUT2D eigenvalue weighted by molar-refractivity contribution is 6.08. The fraction of sp³-hybridized carbons (Fsp3) is 0.263. The zero-order valence-corrected chi connectivity index (χ0v) is 12.2. The Kier molecular flexibility index (Phi) is 2.03. The average Bonchev–Trinajstić information content (AvgIpc) is 2.84. The molecule has 1 heterocycles. The van der Waals surface area contributed by atoms with Crippen molar-refractivity contribution >= 4 is 11.8 Å². The van der Waals surface area contributed by atoms with Gasteiger partial charge in [-0.05, 0) is 22.3 Å². The summed E-state index contributed by atoms with van der Waals surface area (Å²) >= 11 is 0. The van der Waals surface area contributed by atoms with Crippen LogP contribution in [0.15, 0.2) is 48.5 Å².